The molecule has 3 heteroatoms. The van der Waals surface area contributed by atoms with Gasteiger partial charge in [-0.05, 0) is 26.0 Å². The molecule has 0 amide bonds. The number of hydrogen-bond acceptors (Lipinski definition) is 2. The van der Waals surface area contributed by atoms with Gasteiger partial charge in [0.25, 0.3) is 0 Å². The SMILES string of the molecule is CC(C)n1cccc1CNCCO. The topological polar surface area (TPSA) is 37.2 Å². The minimum absolute atomic E-state index is 0.197. The Bertz CT molecular complexity index is 243. The van der Waals surface area contributed by atoms with Gasteiger partial charge in [-0.1, -0.05) is 0 Å². The normalized spacial score (nSPS) is 11.1. The first-order valence-corrected chi connectivity index (χ1v) is 4.73. The summed E-state index contributed by atoms with van der Waals surface area (Å²) in [5, 5.41) is 11.8. The van der Waals surface area contributed by atoms with Gasteiger partial charge in [0.05, 0.1) is 6.61 Å². The molecule has 1 aromatic heterocycles. The molecule has 0 aliphatic carbocycles. The fourth-order valence-electron chi connectivity index (χ4n) is 1.38. The van der Waals surface area contributed by atoms with Gasteiger partial charge in [0.15, 0.2) is 0 Å². The molecule has 2 N–H and O–H groups in total. The maximum atomic E-state index is 8.60. The highest BCUT2D eigenvalue weighted by molar-refractivity contribution is 5.07. The summed E-state index contributed by atoms with van der Waals surface area (Å²) in [5.41, 5.74) is 1.27. The molecule has 0 aliphatic heterocycles. The van der Waals surface area contributed by atoms with E-state index in [0.717, 1.165) is 6.54 Å². The Labute approximate surface area is 79.4 Å². The lowest BCUT2D eigenvalue weighted by Crippen LogP contribution is -2.20. The average molecular weight is 182 g/mol. The number of hydrogen-bond donors (Lipinski definition) is 2. The molecule has 0 saturated heterocycles. The van der Waals surface area contributed by atoms with Crippen LogP contribution >= 0.6 is 0 Å². The average Bonchev–Trinajstić information content (AvgIpc) is 2.53. The minimum Gasteiger partial charge on any atom is -0.395 e. The highest BCUT2D eigenvalue weighted by Crippen LogP contribution is 2.09. The Morgan fingerprint density at radius 1 is 1.54 bits per heavy atom. The van der Waals surface area contributed by atoms with Crippen LogP contribution in [0.5, 0.6) is 0 Å². The molecule has 0 aromatic carbocycles. The van der Waals surface area contributed by atoms with Crippen LogP contribution in [0.15, 0.2) is 18.3 Å². The van der Waals surface area contributed by atoms with Crippen LogP contribution < -0.4 is 5.32 Å². The first-order chi connectivity index (χ1) is 6.25. The van der Waals surface area contributed by atoms with Crippen molar-refractivity contribution < 1.29 is 5.11 Å². The summed E-state index contributed by atoms with van der Waals surface area (Å²) in [5.74, 6) is 0. The third-order valence-corrected chi connectivity index (χ3v) is 2.02. The quantitative estimate of drug-likeness (QED) is 0.670. The van der Waals surface area contributed by atoms with E-state index < -0.39 is 0 Å². The smallest absolute Gasteiger partial charge is 0.0556 e. The third-order valence-electron chi connectivity index (χ3n) is 2.02. The molecule has 0 aliphatic rings. The van der Waals surface area contributed by atoms with Crippen LogP contribution in [0, 0.1) is 0 Å². The number of nitrogens with zero attached hydrogens (tertiary/aromatic N) is 1. The summed E-state index contributed by atoms with van der Waals surface area (Å²) in [6.45, 7) is 6.00. The van der Waals surface area contributed by atoms with E-state index in [1.807, 2.05) is 0 Å². The van der Waals surface area contributed by atoms with Crippen molar-refractivity contribution in [2.75, 3.05) is 13.2 Å². The number of aliphatic hydroxyl groups excluding tert-OH is 1. The van der Waals surface area contributed by atoms with Crippen LogP contribution in [-0.4, -0.2) is 22.8 Å². The maximum Gasteiger partial charge on any atom is 0.0556 e. The molecule has 0 radical (unpaired) electrons. The third kappa shape index (κ3) is 2.86. The van der Waals surface area contributed by atoms with Gasteiger partial charge in [-0.3, -0.25) is 0 Å². The molecule has 0 saturated carbocycles. The second-order valence-corrected chi connectivity index (χ2v) is 3.40. The molecular formula is C10H18N2O. The lowest BCUT2D eigenvalue weighted by Gasteiger charge is -2.12. The number of nitrogens with one attached hydrogen (secondary N) is 1. The fraction of sp³-hybridized carbons (Fsp3) is 0.600. The van der Waals surface area contributed by atoms with Gasteiger partial charge >= 0.3 is 0 Å². The summed E-state index contributed by atoms with van der Waals surface area (Å²) >= 11 is 0. The van der Waals surface area contributed by atoms with Crippen LogP contribution in [0.2, 0.25) is 0 Å². The van der Waals surface area contributed by atoms with Gasteiger partial charge in [-0.2, -0.15) is 0 Å². The Balaban J connectivity index is 2.50. The van der Waals surface area contributed by atoms with E-state index in [2.05, 4.69) is 42.1 Å². The molecule has 74 valence electrons. The highest BCUT2D eigenvalue weighted by atomic mass is 16.3. The summed E-state index contributed by atoms with van der Waals surface area (Å²) < 4.78 is 2.23. The molecule has 1 rings (SSSR count). The van der Waals surface area contributed by atoms with Gasteiger partial charge in [-0.15, -0.1) is 0 Å². The highest BCUT2D eigenvalue weighted by Gasteiger charge is 2.02. The molecule has 0 atom stereocenters. The summed E-state index contributed by atoms with van der Waals surface area (Å²) in [6.07, 6.45) is 2.08. The Morgan fingerprint density at radius 2 is 2.31 bits per heavy atom. The summed E-state index contributed by atoms with van der Waals surface area (Å²) in [6, 6.07) is 4.65. The van der Waals surface area contributed by atoms with E-state index >= 15 is 0 Å². The maximum absolute atomic E-state index is 8.60. The Morgan fingerprint density at radius 3 is 2.92 bits per heavy atom. The first-order valence-electron chi connectivity index (χ1n) is 4.73. The molecule has 1 aromatic rings. The van der Waals surface area contributed by atoms with Crippen molar-refractivity contribution in [3.63, 3.8) is 0 Å². The zero-order valence-corrected chi connectivity index (χ0v) is 8.33. The zero-order valence-electron chi connectivity index (χ0n) is 8.33. The van der Waals surface area contributed by atoms with Gasteiger partial charge in [-0.25, -0.2) is 0 Å². The predicted molar refractivity (Wildman–Crippen MR) is 53.6 cm³/mol. The van der Waals surface area contributed by atoms with Crippen LogP contribution in [0.25, 0.3) is 0 Å². The fourth-order valence-corrected chi connectivity index (χ4v) is 1.38. The molecule has 3 nitrogen and oxygen atoms in total. The molecule has 0 spiro atoms. The van der Waals surface area contributed by atoms with Crippen LogP contribution in [0.4, 0.5) is 0 Å². The number of aromatic nitrogens is 1. The second kappa shape index (κ2) is 5.04. The predicted octanol–water partition coefficient (Wildman–Crippen LogP) is 1.15. The van der Waals surface area contributed by atoms with Crippen molar-refractivity contribution in [1.29, 1.82) is 0 Å². The standard InChI is InChI=1S/C10H18N2O/c1-9(2)12-6-3-4-10(12)8-11-5-7-13/h3-4,6,9,11,13H,5,7-8H2,1-2H3. The molecular weight excluding hydrogens is 164 g/mol. The van der Waals surface area contributed by atoms with E-state index in [-0.39, 0.29) is 6.61 Å². The van der Waals surface area contributed by atoms with Gasteiger partial charge < -0.3 is 15.0 Å². The van der Waals surface area contributed by atoms with Crippen LogP contribution in [0.3, 0.4) is 0 Å². The van der Waals surface area contributed by atoms with Gasteiger partial charge in [0.2, 0.25) is 0 Å². The first kappa shape index (κ1) is 10.3. The molecule has 0 unspecified atom stereocenters. The molecule has 0 bridgehead atoms. The van der Waals surface area contributed by atoms with Crippen molar-refractivity contribution >= 4 is 0 Å². The van der Waals surface area contributed by atoms with E-state index in [4.69, 9.17) is 5.11 Å². The molecule has 0 fully saturated rings. The lowest BCUT2D eigenvalue weighted by atomic mass is 10.3. The number of rotatable bonds is 5. The zero-order chi connectivity index (χ0) is 9.68. The Hall–Kier alpha value is -0.800. The second-order valence-electron chi connectivity index (χ2n) is 3.40. The molecule has 13 heavy (non-hydrogen) atoms. The van der Waals surface area contributed by atoms with Crippen LogP contribution in [-0.2, 0) is 6.54 Å². The van der Waals surface area contributed by atoms with E-state index in [1.54, 1.807) is 0 Å². The van der Waals surface area contributed by atoms with E-state index in [0.29, 0.717) is 12.6 Å². The lowest BCUT2D eigenvalue weighted by molar-refractivity contribution is 0.291. The van der Waals surface area contributed by atoms with Crippen molar-refractivity contribution in [2.24, 2.45) is 0 Å². The number of aliphatic hydroxyl groups is 1. The van der Waals surface area contributed by atoms with Crippen molar-refractivity contribution in [1.82, 2.24) is 9.88 Å². The monoisotopic (exact) mass is 182 g/mol. The van der Waals surface area contributed by atoms with Crippen LogP contribution in [0.1, 0.15) is 25.6 Å². The molecule has 1 heterocycles. The minimum atomic E-state index is 0.197. The summed E-state index contributed by atoms with van der Waals surface area (Å²) in [7, 11) is 0. The van der Waals surface area contributed by atoms with Crippen molar-refractivity contribution in [2.45, 2.75) is 26.4 Å². The van der Waals surface area contributed by atoms with E-state index in [9.17, 15) is 0 Å². The van der Waals surface area contributed by atoms with E-state index in [1.165, 1.54) is 5.69 Å². The van der Waals surface area contributed by atoms with Gasteiger partial charge in [0, 0.05) is 31.0 Å². The van der Waals surface area contributed by atoms with Gasteiger partial charge in [0.1, 0.15) is 0 Å². The van der Waals surface area contributed by atoms with Crippen molar-refractivity contribution in [3.05, 3.63) is 24.0 Å². The summed E-state index contributed by atoms with van der Waals surface area (Å²) in [4.78, 5) is 0. The van der Waals surface area contributed by atoms with Crippen molar-refractivity contribution in [3.8, 4) is 0 Å². The Kier molecular flexibility index (Phi) is 3.99. The largest absolute Gasteiger partial charge is 0.395 e.